The normalized spacial score (nSPS) is 10.5. The van der Waals surface area contributed by atoms with Gasteiger partial charge in [-0.2, -0.15) is 5.10 Å². The first-order valence-corrected chi connectivity index (χ1v) is 3.69. The van der Waals surface area contributed by atoms with Crippen LogP contribution in [-0.4, -0.2) is 14.9 Å². The second kappa shape index (κ2) is 2.48. The molecule has 2 rings (SSSR count). The molecule has 0 amide bonds. The van der Waals surface area contributed by atoms with E-state index in [0.717, 1.165) is 17.1 Å². The van der Waals surface area contributed by atoms with Gasteiger partial charge in [0.25, 0.3) is 0 Å². The molecule has 0 radical (unpaired) electrons. The van der Waals surface area contributed by atoms with Crippen LogP contribution in [0.2, 0.25) is 0 Å². The third-order valence-electron chi connectivity index (χ3n) is 1.81. The Bertz CT molecular complexity index is 355. The molecule has 0 saturated carbocycles. The van der Waals surface area contributed by atoms with Crippen molar-refractivity contribution in [1.82, 2.24) is 14.9 Å². The average Bonchev–Trinajstić information content (AvgIpc) is 2.61. The molecule has 2 aromatic heterocycles. The Kier molecular flexibility index (Phi) is 1.46. The summed E-state index contributed by atoms with van der Waals surface area (Å²) in [4.78, 5) is 0. The van der Waals surface area contributed by atoms with Gasteiger partial charge in [-0.05, 0) is 13.0 Å². The minimum absolute atomic E-state index is 0.777. The van der Waals surface area contributed by atoms with E-state index in [4.69, 9.17) is 4.52 Å². The van der Waals surface area contributed by atoms with Gasteiger partial charge in [0.1, 0.15) is 17.7 Å². The Labute approximate surface area is 69.8 Å². The van der Waals surface area contributed by atoms with E-state index in [2.05, 4.69) is 10.3 Å². The predicted octanol–water partition coefficient (Wildman–Crippen LogP) is 1.38. The molecule has 2 aromatic rings. The van der Waals surface area contributed by atoms with Crippen molar-refractivity contribution in [3.05, 3.63) is 24.1 Å². The zero-order chi connectivity index (χ0) is 8.55. The molecular weight excluding hydrogens is 154 g/mol. The summed E-state index contributed by atoms with van der Waals surface area (Å²) in [5.74, 6) is 0. The molecule has 0 saturated heterocycles. The molecule has 4 heteroatoms. The maximum absolute atomic E-state index is 4.72. The van der Waals surface area contributed by atoms with Gasteiger partial charge in [0, 0.05) is 18.8 Å². The van der Waals surface area contributed by atoms with E-state index in [1.54, 1.807) is 12.3 Å². The lowest BCUT2D eigenvalue weighted by molar-refractivity contribution is 0.422. The van der Waals surface area contributed by atoms with Crippen LogP contribution in [0, 0.1) is 6.92 Å². The minimum Gasteiger partial charge on any atom is -0.364 e. The largest absolute Gasteiger partial charge is 0.364 e. The molecule has 2 heterocycles. The highest BCUT2D eigenvalue weighted by Gasteiger charge is 2.05. The maximum Gasteiger partial charge on any atom is 0.134 e. The van der Waals surface area contributed by atoms with Crippen LogP contribution in [0.25, 0.3) is 11.4 Å². The Hall–Kier alpha value is -1.58. The Morgan fingerprint density at radius 3 is 2.75 bits per heavy atom. The molecule has 12 heavy (non-hydrogen) atoms. The quantitative estimate of drug-likeness (QED) is 0.638. The molecule has 0 aromatic carbocycles. The summed E-state index contributed by atoms with van der Waals surface area (Å²) in [7, 11) is 1.90. The molecule has 0 aliphatic heterocycles. The average molecular weight is 163 g/mol. The van der Waals surface area contributed by atoms with Gasteiger partial charge in [0.05, 0.1) is 0 Å². The third kappa shape index (κ3) is 1.01. The van der Waals surface area contributed by atoms with Crippen molar-refractivity contribution in [3.8, 4) is 11.4 Å². The molecule has 0 unspecified atom stereocenters. The van der Waals surface area contributed by atoms with Gasteiger partial charge in [0.2, 0.25) is 0 Å². The zero-order valence-electron chi connectivity index (χ0n) is 6.98. The van der Waals surface area contributed by atoms with Gasteiger partial charge < -0.3 is 4.52 Å². The zero-order valence-corrected chi connectivity index (χ0v) is 6.98. The highest BCUT2D eigenvalue weighted by molar-refractivity contribution is 5.52. The maximum atomic E-state index is 4.72. The lowest BCUT2D eigenvalue weighted by atomic mass is 10.3. The van der Waals surface area contributed by atoms with Gasteiger partial charge in [-0.1, -0.05) is 5.16 Å². The summed E-state index contributed by atoms with van der Waals surface area (Å²) in [6.07, 6.45) is 1.54. The van der Waals surface area contributed by atoms with Crippen LogP contribution in [0.3, 0.4) is 0 Å². The van der Waals surface area contributed by atoms with Crippen LogP contribution in [0.4, 0.5) is 0 Å². The standard InChI is InChI=1S/C8H9N3O/c1-6-5-8(9-11(6)2)7-3-4-12-10-7/h3-5H,1-2H3. The molecule has 4 nitrogen and oxygen atoms in total. The van der Waals surface area contributed by atoms with E-state index < -0.39 is 0 Å². The Morgan fingerprint density at radius 2 is 2.25 bits per heavy atom. The van der Waals surface area contributed by atoms with E-state index in [1.165, 1.54) is 0 Å². The number of aryl methyl sites for hydroxylation is 2. The first-order chi connectivity index (χ1) is 5.77. The SMILES string of the molecule is Cc1cc(-c2ccon2)nn1C. The first-order valence-electron chi connectivity index (χ1n) is 3.69. The smallest absolute Gasteiger partial charge is 0.134 e. The van der Waals surface area contributed by atoms with Crippen molar-refractivity contribution < 1.29 is 4.52 Å². The summed E-state index contributed by atoms with van der Waals surface area (Å²) in [5, 5.41) is 8.04. The number of hydrogen-bond donors (Lipinski definition) is 0. The van der Waals surface area contributed by atoms with E-state index in [9.17, 15) is 0 Å². The number of aromatic nitrogens is 3. The molecular formula is C8H9N3O. The fourth-order valence-electron chi connectivity index (χ4n) is 1.03. The number of rotatable bonds is 1. The lowest BCUT2D eigenvalue weighted by Crippen LogP contribution is -1.92. The Balaban J connectivity index is 2.48. The van der Waals surface area contributed by atoms with E-state index in [1.807, 2.05) is 24.7 Å². The molecule has 0 fully saturated rings. The monoisotopic (exact) mass is 163 g/mol. The summed E-state index contributed by atoms with van der Waals surface area (Å²) in [5.41, 5.74) is 2.73. The number of hydrogen-bond acceptors (Lipinski definition) is 3. The van der Waals surface area contributed by atoms with Gasteiger partial charge in [-0.15, -0.1) is 0 Å². The minimum atomic E-state index is 0.777. The molecule has 0 bridgehead atoms. The topological polar surface area (TPSA) is 43.9 Å². The molecule has 0 aliphatic rings. The van der Waals surface area contributed by atoms with Crippen LogP contribution < -0.4 is 0 Å². The highest BCUT2D eigenvalue weighted by atomic mass is 16.5. The van der Waals surface area contributed by atoms with Gasteiger partial charge in [-0.25, -0.2) is 0 Å². The Morgan fingerprint density at radius 1 is 1.42 bits per heavy atom. The van der Waals surface area contributed by atoms with Crippen molar-refractivity contribution >= 4 is 0 Å². The van der Waals surface area contributed by atoms with Gasteiger partial charge in [-0.3, -0.25) is 4.68 Å². The molecule has 62 valence electrons. The van der Waals surface area contributed by atoms with Crippen LogP contribution in [0.15, 0.2) is 22.9 Å². The number of nitrogens with zero attached hydrogens (tertiary/aromatic N) is 3. The second-order valence-corrected chi connectivity index (χ2v) is 2.68. The fourth-order valence-corrected chi connectivity index (χ4v) is 1.03. The van der Waals surface area contributed by atoms with Crippen molar-refractivity contribution in [2.75, 3.05) is 0 Å². The summed E-state index contributed by atoms with van der Waals surface area (Å²) in [6.45, 7) is 2.00. The predicted molar refractivity (Wildman–Crippen MR) is 43.4 cm³/mol. The van der Waals surface area contributed by atoms with Crippen molar-refractivity contribution in [2.24, 2.45) is 7.05 Å². The van der Waals surface area contributed by atoms with Crippen LogP contribution in [0.5, 0.6) is 0 Å². The third-order valence-corrected chi connectivity index (χ3v) is 1.81. The fraction of sp³-hybridized carbons (Fsp3) is 0.250. The van der Waals surface area contributed by atoms with Crippen molar-refractivity contribution in [1.29, 1.82) is 0 Å². The van der Waals surface area contributed by atoms with Crippen molar-refractivity contribution in [2.45, 2.75) is 6.92 Å². The summed E-state index contributed by atoms with van der Waals surface area (Å²) >= 11 is 0. The van der Waals surface area contributed by atoms with Crippen molar-refractivity contribution in [3.63, 3.8) is 0 Å². The molecule has 0 N–H and O–H groups in total. The molecule has 0 atom stereocenters. The first kappa shape index (κ1) is 7.09. The van der Waals surface area contributed by atoms with Crippen LogP contribution >= 0.6 is 0 Å². The summed E-state index contributed by atoms with van der Waals surface area (Å²) in [6, 6.07) is 3.76. The van der Waals surface area contributed by atoms with Gasteiger partial charge >= 0.3 is 0 Å². The molecule has 0 spiro atoms. The summed E-state index contributed by atoms with van der Waals surface area (Å²) < 4.78 is 6.53. The second-order valence-electron chi connectivity index (χ2n) is 2.68. The van der Waals surface area contributed by atoms with E-state index in [-0.39, 0.29) is 0 Å². The van der Waals surface area contributed by atoms with Crippen LogP contribution in [0.1, 0.15) is 5.69 Å². The van der Waals surface area contributed by atoms with E-state index >= 15 is 0 Å². The van der Waals surface area contributed by atoms with Crippen LogP contribution in [-0.2, 0) is 7.05 Å². The lowest BCUT2D eigenvalue weighted by Gasteiger charge is -1.88. The highest BCUT2D eigenvalue weighted by Crippen LogP contribution is 2.15. The molecule has 0 aliphatic carbocycles. The van der Waals surface area contributed by atoms with E-state index in [0.29, 0.717) is 0 Å². The van der Waals surface area contributed by atoms with Gasteiger partial charge in [0.15, 0.2) is 0 Å².